The molecule has 2 aromatic rings. The first-order chi connectivity index (χ1) is 20.7. The lowest BCUT2D eigenvalue weighted by Gasteiger charge is -2.24. The number of nitrogens with zero attached hydrogens (tertiary/aromatic N) is 1. The number of hydrogen-bond acceptors (Lipinski definition) is 7. The number of alkyl halides is 11. The number of halogens is 13. The lowest BCUT2D eigenvalue weighted by Crippen LogP contribution is -2.35. The number of carbonyl (C=O) groups excluding carboxylic acids is 2. The third-order valence-electron chi connectivity index (χ3n) is 4.39. The Bertz CT molecular complexity index is 1200. The van der Waals surface area contributed by atoms with Gasteiger partial charge in [-0.2, -0.15) is 0 Å². The van der Waals surface area contributed by atoms with Gasteiger partial charge in [0, 0.05) is 24.4 Å². The molecule has 0 atom stereocenters. The molecule has 21 heteroatoms. The molecule has 0 aromatic heterocycles. The van der Waals surface area contributed by atoms with Crippen molar-refractivity contribution in [3.63, 3.8) is 0 Å². The molecule has 0 bridgehead atoms. The molecule has 0 radical (unpaired) electrons. The van der Waals surface area contributed by atoms with Crippen LogP contribution in [0, 0.1) is 0 Å². The molecule has 0 N–H and O–H groups in total. The summed E-state index contributed by atoms with van der Waals surface area (Å²) in [7, 11) is 3.18. The van der Waals surface area contributed by atoms with Crippen LogP contribution < -0.4 is 14.4 Å². The standard InChI is InChI=1S/C11H10BrCl4NO3.C10H12BrClO.C3Cl6O3/c1-19-9-6-7(2-3-8(9)12)17(5-4-13)10(18)20-11(14,15)16;1-13-10-7-8(3-2-6-12)4-5-9(10)11;4-2(5,6)11-1(10)12-3(7,8)9/h2-3,6H,4-5H2,1H3;4-5,7H,2-3,6H2,1H3;. The van der Waals surface area contributed by atoms with Gasteiger partial charge >= 0.3 is 24.2 Å². The topological polar surface area (TPSA) is 83.5 Å². The van der Waals surface area contributed by atoms with Crippen LogP contribution in [0.5, 0.6) is 11.5 Å². The van der Waals surface area contributed by atoms with Crippen molar-refractivity contribution in [2.45, 2.75) is 24.8 Å². The summed E-state index contributed by atoms with van der Waals surface area (Å²) >= 11 is 64.5. The Morgan fingerprint density at radius 2 is 1.18 bits per heavy atom. The molecule has 0 aliphatic rings. The zero-order valence-corrected chi connectivity index (χ0v) is 34.2. The fourth-order valence-corrected chi connectivity index (χ4v) is 4.42. The maximum Gasteiger partial charge on any atom is 0.515 e. The van der Waals surface area contributed by atoms with Crippen LogP contribution in [0.1, 0.15) is 12.0 Å². The summed E-state index contributed by atoms with van der Waals surface area (Å²) in [4.78, 5) is 23.7. The summed E-state index contributed by atoms with van der Waals surface area (Å²) in [5, 5.41) is 0. The van der Waals surface area contributed by atoms with Crippen LogP contribution in [0.4, 0.5) is 15.3 Å². The van der Waals surface area contributed by atoms with Gasteiger partial charge in [0.2, 0.25) is 0 Å². The van der Waals surface area contributed by atoms with Gasteiger partial charge in [0.1, 0.15) is 11.5 Å². The van der Waals surface area contributed by atoms with E-state index in [4.69, 9.17) is 137 Å². The SMILES string of the molecule is COc1cc(CCCCl)ccc1Br.COc1cc(N(CCCl)C(=O)OC(Cl)(Cl)Cl)ccc1Br.O=C(OC(Cl)(Cl)Cl)OC(Cl)(Cl)Cl. The molecule has 256 valence electrons. The molecule has 1 amide bonds. The fraction of sp³-hybridized carbons (Fsp3) is 0.417. The average Bonchev–Trinajstić information content (AvgIpc) is 2.89. The Balaban J connectivity index is 0.000000677. The Morgan fingerprint density at radius 3 is 1.60 bits per heavy atom. The van der Waals surface area contributed by atoms with E-state index in [0.717, 1.165) is 27.5 Å². The van der Waals surface area contributed by atoms with Crippen LogP contribution in [-0.4, -0.2) is 56.7 Å². The molecule has 0 aliphatic heterocycles. The van der Waals surface area contributed by atoms with E-state index in [1.807, 2.05) is 12.1 Å². The van der Waals surface area contributed by atoms with Crippen molar-refractivity contribution in [1.29, 1.82) is 0 Å². The van der Waals surface area contributed by atoms with Crippen molar-refractivity contribution >= 4 is 177 Å². The summed E-state index contributed by atoms with van der Waals surface area (Å²) in [5.41, 5.74) is 1.77. The average molecular weight is 986 g/mol. The smallest absolute Gasteiger partial charge is 0.496 e. The van der Waals surface area contributed by atoms with Crippen molar-refractivity contribution in [2.24, 2.45) is 0 Å². The van der Waals surface area contributed by atoms with Crippen molar-refractivity contribution in [1.82, 2.24) is 0 Å². The van der Waals surface area contributed by atoms with E-state index in [1.54, 1.807) is 25.3 Å². The van der Waals surface area contributed by atoms with E-state index in [9.17, 15) is 9.59 Å². The number of ether oxygens (including phenoxy) is 5. The minimum atomic E-state index is -2.24. The second kappa shape index (κ2) is 22.4. The molecule has 0 spiro atoms. The van der Waals surface area contributed by atoms with Crippen molar-refractivity contribution in [2.75, 3.05) is 37.4 Å². The number of anilines is 1. The van der Waals surface area contributed by atoms with Gasteiger partial charge in [-0.3, -0.25) is 4.90 Å². The second-order valence-electron chi connectivity index (χ2n) is 7.58. The maximum absolute atomic E-state index is 12.0. The summed E-state index contributed by atoms with van der Waals surface area (Å²) in [6.07, 6.45) is -0.218. The van der Waals surface area contributed by atoms with Crippen LogP contribution >= 0.6 is 159 Å². The van der Waals surface area contributed by atoms with Gasteiger partial charge in [0.25, 0.3) is 0 Å². The van der Waals surface area contributed by atoms with E-state index < -0.39 is 24.2 Å². The lowest BCUT2D eigenvalue weighted by molar-refractivity contribution is 0.0508. The fourth-order valence-electron chi connectivity index (χ4n) is 2.72. The predicted molar refractivity (Wildman–Crippen MR) is 193 cm³/mol. The molecule has 8 nitrogen and oxygen atoms in total. The van der Waals surface area contributed by atoms with E-state index in [2.05, 4.69) is 52.1 Å². The van der Waals surface area contributed by atoms with Crippen LogP contribution in [0.15, 0.2) is 45.3 Å². The zero-order chi connectivity index (χ0) is 35.0. The van der Waals surface area contributed by atoms with E-state index in [1.165, 1.54) is 17.6 Å². The lowest BCUT2D eigenvalue weighted by atomic mass is 10.1. The molecule has 45 heavy (non-hydrogen) atoms. The molecule has 0 unspecified atom stereocenters. The predicted octanol–water partition coefficient (Wildman–Crippen LogP) is 12.4. The highest BCUT2D eigenvalue weighted by Gasteiger charge is 2.32. The molecule has 0 saturated carbocycles. The number of benzene rings is 2. The summed E-state index contributed by atoms with van der Waals surface area (Å²) in [6.45, 7) is 0.186. The number of amides is 1. The first-order valence-corrected chi connectivity index (χ1v) is 17.6. The van der Waals surface area contributed by atoms with Crippen molar-refractivity contribution in [3.05, 3.63) is 50.9 Å². The highest BCUT2D eigenvalue weighted by molar-refractivity contribution is 9.10. The van der Waals surface area contributed by atoms with E-state index in [-0.39, 0.29) is 12.4 Å². The Hall–Kier alpha value is 0.730. The maximum atomic E-state index is 12.0. The van der Waals surface area contributed by atoms with E-state index in [0.29, 0.717) is 17.3 Å². The Morgan fingerprint density at radius 1 is 0.711 bits per heavy atom. The van der Waals surface area contributed by atoms with Gasteiger partial charge in [-0.1, -0.05) is 6.07 Å². The third-order valence-corrected chi connectivity index (χ3v) is 6.83. The highest BCUT2D eigenvalue weighted by atomic mass is 79.9. The van der Waals surface area contributed by atoms with Gasteiger partial charge in [0.05, 0.1) is 28.9 Å². The second-order valence-corrected chi connectivity index (χ2v) is 16.6. The van der Waals surface area contributed by atoms with Gasteiger partial charge in [-0.15, -0.1) is 23.2 Å². The molecular formula is C24H22Br2Cl11NO7. The molecule has 0 heterocycles. The van der Waals surface area contributed by atoms with Crippen LogP contribution in [-0.2, 0) is 20.6 Å². The van der Waals surface area contributed by atoms with Crippen LogP contribution in [0.3, 0.4) is 0 Å². The normalized spacial score (nSPS) is 11.2. The molecule has 0 aliphatic carbocycles. The number of rotatable bonds is 8. The van der Waals surface area contributed by atoms with Crippen LogP contribution in [0.2, 0.25) is 0 Å². The first kappa shape index (κ1) is 45.7. The number of aryl methyl sites for hydroxylation is 1. The van der Waals surface area contributed by atoms with Gasteiger partial charge in [-0.05, 0) is 179 Å². The summed E-state index contributed by atoms with van der Waals surface area (Å²) < 4.78 is 18.1. The van der Waals surface area contributed by atoms with E-state index >= 15 is 0 Å². The summed E-state index contributed by atoms with van der Waals surface area (Å²) in [5.74, 6) is 2.32. The Labute approximate surface area is 332 Å². The van der Waals surface area contributed by atoms with Crippen molar-refractivity contribution in [3.8, 4) is 11.5 Å². The molecular weight excluding hydrogens is 964 g/mol. The Kier molecular flexibility index (Phi) is 22.8. The summed E-state index contributed by atoms with van der Waals surface area (Å²) in [6, 6.07) is 11.2. The minimum absolute atomic E-state index is 0.186. The minimum Gasteiger partial charge on any atom is -0.496 e. The molecule has 2 aromatic carbocycles. The molecule has 0 fully saturated rings. The van der Waals surface area contributed by atoms with Gasteiger partial charge < -0.3 is 23.7 Å². The number of hydrogen-bond donors (Lipinski definition) is 0. The van der Waals surface area contributed by atoms with Crippen molar-refractivity contribution < 1.29 is 33.3 Å². The quantitative estimate of drug-likeness (QED) is 0.192. The molecule has 0 saturated heterocycles. The monoisotopic (exact) mass is 979 g/mol. The largest absolute Gasteiger partial charge is 0.515 e. The van der Waals surface area contributed by atoms with Gasteiger partial charge in [0.15, 0.2) is 0 Å². The van der Waals surface area contributed by atoms with Gasteiger partial charge in [-0.25, -0.2) is 9.59 Å². The third kappa shape index (κ3) is 22.1. The number of methoxy groups -OCH3 is 2. The van der Waals surface area contributed by atoms with Crippen LogP contribution in [0.25, 0.3) is 0 Å². The first-order valence-electron chi connectivity index (χ1n) is 11.6. The highest BCUT2D eigenvalue weighted by Crippen LogP contribution is 2.34. The number of carbonyl (C=O) groups is 2. The zero-order valence-electron chi connectivity index (χ0n) is 22.7. The molecule has 2 rings (SSSR count).